The topological polar surface area (TPSA) is 35.5 Å². The fraction of sp³-hybridized carbons (Fsp3) is 0.750. The molecule has 65 valence electrons. The number of rotatable bonds is 6. The van der Waals surface area contributed by atoms with Crippen LogP contribution in [0.5, 0.6) is 0 Å². The molecular formula is C8H15O3. The quantitative estimate of drug-likeness (QED) is 0.431. The summed E-state index contributed by atoms with van der Waals surface area (Å²) in [6.45, 7) is 6.64. The molecule has 3 heteroatoms. The highest BCUT2D eigenvalue weighted by Gasteiger charge is 1.91. The van der Waals surface area contributed by atoms with E-state index in [0.717, 1.165) is 12.8 Å². The molecule has 0 aromatic heterocycles. The third-order valence-electron chi connectivity index (χ3n) is 1.13. The number of hydrogen-bond donors (Lipinski definition) is 0. The molecule has 3 nitrogen and oxygen atoms in total. The summed E-state index contributed by atoms with van der Waals surface area (Å²) in [5.41, 5.74) is 0. The van der Waals surface area contributed by atoms with Gasteiger partial charge in [0.1, 0.15) is 0 Å². The van der Waals surface area contributed by atoms with E-state index in [4.69, 9.17) is 9.47 Å². The molecule has 0 spiro atoms. The molecule has 0 aliphatic heterocycles. The smallest absolute Gasteiger partial charge is 0.302 e. The number of esters is 1. The lowest BCUT2D eigenvalue weighted by Gasteiger charge is -2.01. The minimum absolute atomic E-state index is 0.219. The van der Waals surface area contributed by atoms with Gasteiger partial charge in [-0.25, -0.2) is 0 Å². The monoisotopic (exact) mass is 159 g/mol. The lowest BCUT2D eigenvalue weighted by Crippen LogP contribution is -2.02. The summed E-state index contributed by atoms with van der Waals surface area (Å²) < 4.78 is 9.70. The van der Waals surface area contributed by atoms with Crippen molar-refractivity contribution >= 4 is 5.97 Å². The second-order valence-corrected chi connectivity index (χ2v) is 2.16. The van der Waals surface area contributed by atoms with Crippen LogP contribution < -0.4 is 0 Å². The Kier molecular flexibility index (Phi) is 7.15. The minimum atomic E-state index is -0.219. The van der Waals surface area contributed by atoms with Gasteiger partial charge in [0.05, 0.1) is 6.61 Å². The molecule has 0 saturated heterocycles. The first-order valence-electron chi connectivity index (χ1n) is 3.77. The highest BCUT2D eigenvalue weighted by molar-refractivity contribution is 5.65. The standard InChI is InChI=1S/C8H15O3/c1-3-10-6-4-5-7-11-8(2)9/h1,3-7H2,2H3. The van der Waals surface area contributed by atoms with E-state index in [2.05, 4.69) is 6.92 Å². The molecule has 0 unspecified atom stereocenters. The molecule has 1 radical (unpaired) electrons. The van der Waals surface area contributed by atoms with Gasteiger partial charge in [-0.3, -0.25) is 4.79 Å². The van der Waals surface area contributed by atoms with Crippen molar-refractivity contribution in [1.29, 1.82) is 0 Å². The third-order valence-corrected chi connectivity index (χ3v) is 1.13. The van der Waals surface area contributed by atoms with Crippen LogP contribution in [0.4, 0.5) is 0 Å². The SMILES string of the molecule is [CH2]COCCCCOC(C)=O. The summed E-state index contributed by atoms with van der Waals surface area (Å²) in [7, 11) is 0. The maximum atomic E-state index is 10.3. The molecule has 0 amide bonds. The Morgan fingerprint density at radius 3 is 2.55 bits per heavy atom. The Balaban J connectivity index is 2.85. The number of unbranched alkanes of at least 4 members (excludes halogenated alkanes) is 1. The summed E-state index contributed by atoms with van der Waals surface area (Å²) in [6.07, 6.45) is 1.78. The highest BCUT2D eigenvalue weighted by atomic mass is 16.5. The molecule has 0 atom stereocenters. The Labute approximate surface area is 67.7 Å². The molecule has 0 aromatic rings. The van der Waals surface area contributed by atoms with Crippen molar-refractivity contribution in [2.45, 2.75) is 19.8 Å². The Bertz CT molecular complexity index is 102. The maximum Gasteiger partial charge on any atom is 0.302 e. The van der Waals surface area contributed by atoms with Crippen LogP contribution in [0.1, 0.15) is 19.8 Å². The van der Waals surface area contributed by atoms with Crippen molar-refractivity contribution in [3.8, 4) is 0 Å². The van der Waals surface area contributed by atoms with Crippen molar-refractivity contribution in [2.75, 3.05) is 19.8 Å². The Morgan fingerprint density at radius 1 is 1.36 bits per heavy atom. The van der Waals surface area contributed by atoms with Crippen molar-refractivity contribution in [2.24, 2.45) is 0 Å². The first-order valence-corrected chi connectivity index (χ1v) is 3.77. The van der Waals surface area contributed by atoms with Crippen LogP contribution in [0.15, 0.2) is 0 Å². The molecule has 0 rings (SSSR count). The average molecular weight is 159 g/mol. The summed E-state index contributed by atoms with van der Waals surface area (Å²) in [5, 5.41) is 0. The fourth-order valence-electron chi connectivity index (χ4n) is 0.624. The van der Waals surface area contributed by atoms with E-state index in [0.29, 0.717) is 19.8 Å². The van der Waals surface area contributed by atoms with Gasteiger partial charge < -0.3 is 9.47 Å². The normalized spacial score (nSPS) is 9.64. The van der Waals surface area contributed by atoms with Crippen LogP contribution >= 0.6 is 0 Å². The van der Waals surface area contributed by atoms with E-state index in [9.17, 15) is 4.79 Å². The van der Waals surface area contributed by atoms with Crippen LogP contribution in [0, 0.1) is 6.92 Å². The van der Waals surface area contributed by atoms with E-state index in [1.165, 1.54) is 6.92 Å². The van der Waals surface area contributed by atoms with Gasteiger partial charge in [0.2, 0.25) is 0 Å². The lowest BCUT2D eigenvalue weighted by molar-refractivity contribution is -0.141. The van der Waals surface area contributed by atoms with Crippen LogP contribution in [0.2, 0.25) is 0 Å². The molecule has 0 saturated carbocycles. The zero-order valence-electron chi connectivity index (χ0n) is 6.97. The maximum absolute atomic E-state index is 10.3. The van der Waals surface area contributed by atoms with E-state index in [1.807, 2.05) is 0 Å². The lowest BCUT2D eigenvalue weighted by atomic mass is 10.3. The van der Waals surface area contributed by atoms with Gasteiger partial charge in [-0.05, 0) is 19.8 Å². The van der Waals surface area contributed by atoms with E-state index in [-0.39, 0.29) is 5.97 Å². The van der Waals surface area contributed by atoms with Gasteiger partial charge in [-0.2, -0.15) is 0 Å². The summed E-state index contributed by atoms with van der Waals surface area (Å²) in [6, 6.07) is 0. The van der Waals surface area contributed by atoms with Crippen LogP contribution in [0.25, 0.3) is 0 Å². The zero-order valence-corrected chi connectivity index (χ0v) is 6.97. The van der Waals surface area contributed by atoms with Gasteiger partial charge >= 0.3 is 5.97 Å². The van der Waals surface area contributed by atoms with Crippen LogP contribution in [0.3, 0.4) is 0 Å². The van der Waals surface area contributed by atoms with Crippen LogP contribution in [-0.2, 0) is 14.3 Å². The van der Waals surface area contributed by atoms with Crippen molar-refractivity contribution in [3.05, 3.63) is 6.92 Å². The molecular weight excluding hydrogens is 144 g/mol. The first-order chi connectivity index (χ1) is 5.27. The molecule has 11 heavy (non-hydrogen) atoms. The molecule has 0 N–H and O–H groups in total. The van der Waals surface area contributed by atoms with Crippen molar-refractivity contribution < 1.29 is 14.3 Å². The number of carbonyl (C=O) groups is 1. The minimum Gasteiger partial charge on any atom is -0.466 e. The molecule has 0 heterocycles. The third kappa shape index (κ3) is 9.43. The second kappa shape index (κ2) is 7.54. The number of carbonyl (C=O) groups excluding carboxylic acids is 1. The van der Waals surface area contributed by atoms with Crippen LogP contribution in [-0.4, -0.2) is 25.8 Å². The fourth-order valence-corrected chi connectivity index (χ4v) is 0.624. The number of hydrogen-bond acceptors (Lipinski definition) is 3. The van der Waals surface area contributed by atoms with Gasteiger partial charge in [-0.15, -0.1) is 0 Å². The second-order valence-electron chi connectivity index (χ2n) is 2.16. The zero-order chi connectivity index (χ0) is 8.53. The van der Waals surface area contributed by atoms with Gasteiger partial charge in [0.15, 0.2) is 0 Å². The number of ether oxygens (including phenoxy) is 2. The largest absolute Gasteiger partial charge is 0.466 e. The molecule has 0 bridgehead atoms. The Morgan fingerprint density at radius 2 is 2.00 bits per heavy atom. The van der Waals surface area contributed by atoms with E-state index < -0.39 is 0 Å². The van der Waals surface area contributed by atoms with Crippen molar-refractivity contribution in [3.63, 3.8) is 0 Å². The average Bonchev–Trinajstić information content (AvgIpc) is 1.96. The molecule has 0 aliphatic rings. The summed E-state index contributed by atoms with van der Waals surface area (Å²) in [4.78, 5) is 10.3. The summed E-state index contributed by atoms with van der Waals surface area (Å²) in [5.74, 6) is -0.219. The predicted molar refractivity (Wildman–Crippen MR) is 42.0 cm³/mol. The molecule has 0 aromatic carbocycles. The Hall–Kier alpha value is -0.570. The highest BCUT2D eigenvalue weighted by Crippen LogP contribution is 1.91. The van der Waals surface area contributed by atoms with Gasteiger partial charge in [-0.1, -0.05) is 0 Å². The van der Waals surface area contributed by atoms with E-state index >= 15 is 0 Å². The molecule has 0 fully saturated rings. The predicted octanol–water partition coefficient (Wildman–Crippen LogP) is 1.18. The van der Waals surface area contributed by atoms with Gasteiger partial charge in [0.25, 0.3) is 0 Å². The summed E-state index contributed by atoms with van der Waals surface area (Å²) >= 11 is 0. The first kappa shape index (κ1) is 10.4. The van der Waals surface area contributed by atoms with Crippen molar-refractivity contribution in [1.82, 2.24) is 0 Å². The molecule has 0 aliphatic carbocycles. The van der Waals surface area contributed by atoms with Gasteiger partial charge in [0, 0.05) is 20.1 Å². The van der Waals surface area contributed by atoms with E-state index in [1.54, 1.807) is 0 Å².